The molecule has 0 amide bonds. The largest absolute Gasteiger partial charge is 0.340 e. The van der Waals surface area contributed by atoms with Gasteiger partial charge >= 0.3 is 0 Å². The minimum Gasteiger partial charge on any atom is -0.340 e. The summed E-state index contributed by atoms with van der Waals surface area (Å²) in [7, 11) is 0. The van der Waals surface area contributed by atoms with Crippen LogP contribution in [0.2, 0.25) is 0 Å². The molecule has 2 atom stereocenters. The molecule has 6 heteroatoms. The monoisotopic (exact) mass is 464 g/mol. The van der Waals surface area contributed by atoms with Crippen LogP contribution < -0.4 is 10.2 Å². The molecule has 4 nitrogen and oxygen atoms in total. The molecule has 4 aliphatic heterocycles. The Labute approximate surface area is 200 Å². The molecule has 2 aromatic carbocycles. The molecule has 33 heavy (non-hydrogen) atoms. The van der Waals surface area contributed by atoms with Gasteiger partial charge in [-0.2, -0.15) is 0 Å². The first-order valence-corrected chi connectivity index (χ1v) is 13.4. The third-order valence-corrected chi connectivity index (χ3v) is 8.80. The number of para-hydroxylation sites is 1. The summed E-state index contributed by atoms with van der Waals surface area (Å²) >= 11 is 1.88. The van der Waals surface area contributed by atoms with E-state index in [-0.39, 0.29) is 17.4 Å². The van der Waals surface area contributed by atoms with Gasteiger partial charge in [0.15, 0.2) is 5.50 Å². The Hall–Kier alpha value is -2.02. The number of hydrogen-bond donors (Lipinski definition) is 1. The molecular weight excluding hydrogens is 431 g/mol. The Balaban J connectivity index is 1.26. The number of thioether (sulfide) groups is 1. The molecule has 4 aliphatic rings. The molecule has 0 spiro atoms. The van der Waals surface area contributed by atoms with Gasteiger partial charge in [0.1, 0.15) is 5.82 Å². The average molecular weight is 465 g/mol. The minimum atomic E-state index is -0.104. The molecule has 2 aromatic rings. The van der Waals surface area contributed by atoms with Crippen LogP contribution in [0, 0.1) is 5.82 Å². The predicted octanol–water partition coefficient (Wildman–Crippen LogP) is 5.64. The van der Waals surface area contributed by atoms with Crippen molar-refractivity contribution in [3.63, 3.8) is 0 Å². The topological polar surface area (TPSA) is 21.8 Å². The van der Waals surface area contributed by atoms with Crippen molar-refractivity contribution in [1.29, 1.82) is 0 Å². The quantitative estimate of drug-likeness (QED) is 0.596. The lowest BCUT2D eigenvalue weighted by atomic mass is 10.0. The number of hydrogen-bond acceptors (Lipinski definition) is 5. The van der Waals surface area contributed by atoms with E-state index < -0.39 is 0 Å². The number of anilines is 1. The van der Waals surface area contributed by atoms with Gasteiger partial charge in [-0.3, -0.25) is 0 Å². The second-order valence-corrected chi connectivity index (χ2v) is 10.8. The minimum absolute atomic E-state index is 0.104. The van der Waals surface area contributed by atoms with E-state index in [1.165, 1.54) is 42.9 Å². The fraction of sp³-hybridized carbons (Fsp3) is 0.481. The van der Waals surface area contributed by atoms with E-state index in [0.29, 0.717) is 0 Å². The molecule has 1 unspecified atom stereocenters. The Bertz CT molecular complexity index is 1030. The van der Waals surface area contributed by atoms with Gasteiger partial charge in [-0.1, -0.05) is 36.4 Å². The van der Waals surface area contributed by atoms with Gasteiger partial charge in [-0.05, 0) is 88.1 Å². The summed E-state index contributed by atoms with van der Waals surface area (Å²) in [6.07, 6.45) is 9.55. The highest BCUT2D eigenvalue weighted by atomic mass is 32.2. The summed E-state index contributed by atoms with van der Waals surface area (Å²) in [6, 6.07) is 14.8. The van der Waals surface area contributed by atoms with Gasteiger partial charge in [-0.15, -0.1) is 0 Å². The lowest BCUT2D eigenvalue weighted by Crippen LogP contribution is -2.37. The van der Waals surface area contributed by atoms with Crippen LogP contribution in [0.25, 0.3) is 5.70 Å². The van der Waals surface area contributed by atoms with E-state index in [1.807, 2.05) is 17.8 Å². The van der Waals surface area contributed by atoms with Crippen molar-refractivity contribution in [1.82, 2.24) is 15.1 Å². The van der Waals surface area contributed by atoms with Crippen LogP contribution in [0.3, 0.4) is 0 Å². The van der Waals surface area contributed by atoms with Crippen molar-refractivity contribution in [2.45, 2.75) is 55.0 Å². The molecule has 0 aliphatic carbocycles. The molecule has 4 heterocycles. The number of halogens is 1. The van der Waals surface area contributed by atoms with Crippen molar-refractivity contribution in [2.75, 3.05) is 37.6 Å². The van der Waals surface area contributed by atoms with Gasteiger partial charge in [0.25, 0.3) is 0 Å². The van der Waals surface area contributed by atoms with Crippen LogP contribution in [0.1, 0.15) is 55.7 Å². The fourth-order valence-corrected chi connectivity index (χ4v) is 7.07. The molecule has 6 rings (SSSR count). The van der Waals surface area contributed by atoms with E-state index in [1.54, 1.807) is 6.07 Å². The molecule has 0 radical (unpaired) electrons. The van der Waals surface area contributed by atoms with Gasteiger partial charge < -0.3 is 20.0 Å². The summed E-state index contributed by atoms with van der Waals surface area (Å²) in [5, 5.41) is 3.49. The number of rotatable bonds is 6. The smallest absolute Gasteiger partial charge is 0.159 e. The molecule has 2 saturated heterocycles. The second kappa shape index (κ2) is 9.32. The normalized spacial score (nSPS) is 24.8. The average Bonchev–Trinajstić information content (AvgIpc) is 3.57. The number of likely N-dealkylation sites (tertiary alicyclic amines) is 1. The van der Waals surface area contributed by atoms with E-state index in [4.69, 9.17) is 0 Å². The van der Waals surface area contributed by atoms with E-state index in [9.17, 15) is 0 Å². The molecule has 0 saturated carbocycles. The number of fused-ring (bicyclic) bond motifs is 3. The standard InChI is InChI=1S/C27H33FN4S/c28-22-18-20(23-8-6-13-29-23)11-12-21(22)25-19-32-24-9-2-3-10-26(24)33-27(32)31(25)17-7-16-30-14-4-1-5-15-30/h2-3,9-12,18-19,23,27,29H,1,4-8,13-17H2/t23?,27-/m1/s1. The summed E-state index contributed by atoms with van der Waals surface area (Å²) in [6.45, 7) is 5.55. The molecular formula is C27H33FN4S. The maximum Gasteiger partial charge on any atom is 0.159 e. The number of benzene rings is 2. The fourth-order valence-electron chi connectivity index (χ4n) is 5.76. The predicted molar refractivity (Wildman–Crippen MR) is 135 cm³/mol. The zero-order valence-corrected chi connectivity index (χ0v) is 20.0. The number of nitrogens with one attached hydrogen (secondary N) is 1. The highest BCUT2D eigenvalue weighted by molar-refractivity contribution is 8.00. The Kier molecular flexibility index (Phi) is 6.07. The summed E-state index contributed by atoms with van der Waals surface area (Å²) < 4.78 is 15.5. The Morgan fingerprint density at radius 3 is 2.70 bits per heavy atom. The third kappa shape index (κ3) is 4.17. The van der Waals surface area contributed by atoms with Gasteiger partial charge in [0.2, 0.25) is 0 Å². The highest BCUT2D eigenvalue weighted by Crippen LogP contribution is 2.50. The first-order chi connectivity index (χ1) is 16.3. The zero-order chi connectivity index (χ0) is 22.2. The summed E-state index contributed by atoms with van der Waals surface area (Å²) in [5.41, 5.74) is 4.22. The molecule has 174 valence electrons. The molecule has 1 N–H and O–H groups in total. The first-order valence-electron chi connectivity index (χ1n) is 12.6. The lowest BCUT2D eigenvalue weighted by molar-refractivity contribution is 0.217. The van der Waals surface area contributed by atoms with Crippen molar-refractivity contribution >= 4 is 23.1 Å². The summed E-state index contributed by atoms with van der Waals surface area (Å²) in [5.74, 6) is -0.104. The maximum atomic E-state index is 15.5. The SMILES string of the molecule is Fc1cc(C2CCCN2)ccc1C1=CN2c3ccccc3S[C@@H]2N1CCCN1CCCCC1. The highest BCUT2D eigenvalue weighted by Gasteiger charge is 2.40. The van der Waals surface area contributed by atoms with Crippen molar-refractivity contribution in [2.24, 2.45) is 0 Å². The van der Waals surface area contributed by atoms with Gasteiger partial charge in [-0.25, -0.2) is 4.39 Å². The zero-order valence-electron chi connectivity index (χ0n) is 19.2. The van der Waals surface area contributed by atoms with E-state index in [2.05, 4.69) is 56.5 Å². The van der Waals surface area contributed by atoms with Crippen LogP contribution >= 0.6 is 11.8 Å². The number of piperidine rings is 1. The van der Waals surface area contributed by atoms with Crippen LogP contribution in [0.4, 0.5) is 10.1 Å². The van der Waals surface area contributed by atoms with E-state index >= 15 is 4.39 Å². The van der Waals surface area contributed by atoms with Crippen molar-refractivity contribution in [3.05, 3.63) is 65.6 Å². The first kappa shape index (κ1) is 21.5. The van der Waals surface area contributed by atoms with E-state index in [0.717, 1.165) is 55.7 Å². The van der Waals surface area contributed by atoms with Crippen LogP contribution in [0.5, 0.6) is 0 Å². The molecule has 0 bridgehead atoms. The Morgan fingerprint density at radius 2 is 1.88 bits per heavy atom. The third-order valence-electron chi connectivity index (χ3n) is 7.51. The summed E-state index contributed by atoms with van der Waals surface area (Å²) in [4.78, 5) is 8.67. The number of nitrogens with zero attached hydrogens (tertiary/aromatic N) is 3. The van der Waals surface area contributed by atoms with Crippen LogP contribution in [-0.2, 0) is 0 Å². The van der Waals surface area contributed by atoms with Crippen LogP contribution in [0.15, 0.2) is 53.6 Å². The van der Waals surface area contributed by atoms with Gasteiger partial charge in [0, 0.05) is 29.2 Å². The van der Waals surface area contributed by atoms with Crippen LogP contribution in [-0.4, -0.2) is 48.0 Å². The second-order valence-electron chi connectivity index (χ2n) is 9.67. The Morgan fingerprint density at radius 1 is 1.00 bits per heavy atom. The molecule has 2 fully saturated rings. The van der Waals surface area contributed by atoms with Gasteiger partial charge in [0.05, 0.1) is 11.4 Å². The van der Waals surface area contributed by atoms with Crippen molar-refractivity contribution < 1.29 is 4.39 Å². The maximum absolute atomic E-state index is 15.5. The van der Waals surface area contributed by atoms with Crippen molar-refractivity contribution in [3.8, 4) is 0 Å². The molecule has 0 aromatic heterocycles. The lowest BCUT2D eigenvalue weighted by Gasteiger charge is -2.31.